The Labute approximate surface area is 185 Å². The molecule has 3 aromatic rings. The van der Waals surface area contributed by atoms with Crippen LogP contribution in [-0.2, 0) is 17.6 Å². The van der Waals surface area contributed by atoms with Crippen LogP contribution in [0, 0.1) is 12.7 Å². The number of nitrogens with one attached hydrogen (secondary N) is 1. The Morgan fingerprint density at radius 3 is 2.27 bits per heavy atom. The molecule has 2 aromatic heterocycles. The lowest BCUT2D eigenvalue weighted by Crippen LogP contribution is -2.33. The highest BCUT2D eigenvalue weighted by atomic mass is 19.4. The first kappa shape index (κ1) is 23.8. The second-order valence-electron chi connectivity index (χ2n) is 7.13. The summed E-state index contributed by atoms with van der Waals surface area (Å²) in [6, 6.07) is 7.86. The maximum Gasteiger partial charge on any atom is 0.490 e. The minimum Gasteiger partial charge on any atom is -0.475 e. The number of H-pyrrole nitrogens is 1. The van der Waals surface area contributed by atoms with Gasteiger partial charge in [-0.3, -0.25) is 9.89 Å². The molecule has 2 N–H and O–H groups in total. The van der Waals surface area contributed by atoms with E-state index < -0.39 is 12.1 Å². The topological polar surface area (TPSA) is 112 Å². The normalized spacial score (nSPS) is 13.4. The lowest BCUT2D eigenvalue weighted by molar-refractivity contribution is -0.192. The number of aliphatic carboxylic acids is 1. The highest BCUT2D eigenvalue weighted by molar-refractivity contribution is 5.92. The van der Waals surface area contributed by atoms with Crippen LogP contribution in [0.25, 0.3) is 11.4 Å². The van der Waals surface area contributed by atoms with E-state index in [-0.39, 0.29) is 11.7 Å². The lowest BCUT2D eigenvalue weighted by Gasteiger charge is -2.18. The number of rotatable bonds is 2. The Morgan fingerprint density at radius 1 is 1.06 bits per heavy atom. The number of nitrogens with zero attached hydrogens (tertiary/aromatic N) is 4. The summed E-state index contributed by atoms with van der Waals surface area (Å²) in [5.41, 5.74) is 4.23. The maximum absolute atomic E-state index is 13.2. The molecule has 0 radical (unpaired) electrons. The molecule has 0 fully saturated rings. The zero-order valence-corrected chi connectivity index (χ0v) is 17.4. The number of amides is 1. The molecular weight excluding hydrogens is 446 g/mol. The van der Waals surface area contributed by atoms with Crippen molar-refractivity contribution in [2.75, 3.05) is 13.1 Å². The fourth-order valence-corrected chi connectivity index (χ4v) is 3.26. The van der Waals surface area contributed by atoms with Gasteiger partial charge in [0, 0.05) is 42.7 Å². The van der Waals surface area contributed by atoms with Gasteiger partial charge in [-0.2, -0.15) is 18.3 Å². The number of benzene rings is 1. The predicted molar refractivity (Wildman–Crippen MR) is 108 cm³/mol. The molecule has 1 aromatic carbocycles. The van der Waals surface area contributed by atoms with Gasteiger partial charge < -0.3 is 10.0 Å². The highest BCUT2D eigenvalue weighted by Gasteiger charge is 2.38. The number of aromatic nitrogens is 4. The third kappa shape index (κ3) is 5.90. The SMILES string of the molecule is Cc1nc(-c2ccc(F)cc2)nc2c1CCN(C(=O)c1ccn[nH]1)CC2.O=C(O)C(F)(F)F. The molecule has 0 aliphatic carbocycles. The molecule has 3 heterocycles. The van der Waals surface area contributed by atoms with Gasteiger partial charge in [0.2, 0.25) is 0 Å². The first-order valence-corrected chi connectivity index (χ1v) is 9.77. The van der Waals surface area contributed by atoms with Crippen molar-refractivity contribution in [3.8, 4) is 11.4 Å². The van der Waals surface area contributed by atoms with E-state index in [9.17, 15) is 22.4 Å². The number of aromatic amines is 1. The van der Waals surface area contributed by atoms with E-state index in [0.717, 1.165) is 22.5 Å². The third-order valence-electron chi connectivity index (χ3n) is 4.91. The first-order chi connectivity index (χ1) is 15.6. The van der Waals surface area contributed by atoms with Crippen LogP contribution in [0.15, 0.2) is 36.5 Å². The van der Waals surface area contributed by atoms with Crippen molar-refractivity contribution < 1.29 is 32.3 Å². The minimum absolute atomic E-state index is 0.0559. The maximum atomic E-state index is 13.2. The number of fused-ring (bicyclic) bond motifs is 1. The number of carboxylic acids is 1. The molecule has 1 amide bonds. The van der Waals surface area contributed by atoms with Crippen LogP contribution in [0.3, 0.4) is 0 Å². The Kier molecular flexibility index (Phi) is 7.04. The Hall–Kier alpha value is -3.83. The van der Waals surface area contributed by atoms with E-state index >= 15 is 0 Å². The van der Waals surface area contributed by atoms with Gasteiger partial charge in [0.25, 0.3) is 5.91 Å². The van der Waals surface area contributed by atoms with Gasteiger partial charge >= 0.3 is 12.1 Å². The van der Waals surface area contributed by atoms with Gasteiger partial charge in [0.05, 0.1) is 0 Å². The van der Waals surface area contributed by atoms with Gasteiger partial charge in [-0.1, -0.05) is 0 Å². The van der Waals surface area contributed by atoms with Crippen molar-refractivity contribution in [2.24, 2.45) is 0 Å². The average Bonchev–Trinajstić information content (AvgIpc) is 3.21. The largest absolute Gasteiger partial charge is 0.490 e. The van der Waals surface area contributed by atoms with Gasteiger partial charge in [0.1, 0.15) is 11.5 Å². The molecule has 4 rings (SSSR count). The standard InChI is InChI=1S/C19H18FN5O.C2HF3O2/c1-12-15-7-10-25(19(26)17-6-9-21-24-17)11-8-16(15)23-18(22-12)13-2-4-14(20)5-3-13;3-2(4,5)1(6)7/h2-6,9H,7-8,10-11H2,1H3,(H,21,24);(H,6,7). The van der Waals surface area contributed by atoms with E-state index in [4.69, 9.17) is 14.9 Å². The molecule has 0 bridgehead atoms. The molecule has 0 spiro atoms. The van der Waals surface area contributed by atoms with Crippen LogP contribution in [0.4, 0.5) is 17.6 Å². The number of alkyl halides is 3. The average molecular weight is 465 g/mol. The number of carboxylic acid groups (broad SMARTS) is 1. The highest BCUT2D eigenvalue weighted by Crippen LogP contribution is 2.23. The summed E-state index contributed by atoms with van der Waals surface area (Å²) in [7, 11) is 0. The summed E-state index contributed by atoms with van der Waals surface area (Å²) >= 11 is 0. The summed E-state index contributed by atoms with van der Waals surface area (Å²) in [5, 5.41) is 13.7. The number of aryl methyl sites for hydroxylation is 1. The van der Waals surface area contributed by atoms with Crippen LogP contribution < -0.4 is 0 Å². The summed E-state index contributed by atoms with van der Waals surface area (Å²) in [6.07, 6.45) is -2.14. The van der Waals surface area contributed by atoms with Crippen molar-refractivity contribution in [1.29, 1.82) is 0 Å². The molecule has 0 atom stereocenters. The minimum atomic E-state index is -5.08. The number of carbonyl (C=O) groups is 2. The van der Waals surface area contributed by atoms with Crippen molar-refractivity contribution in [3.05, 3.63) is 65.0 Å². The predicted octanol–water partition coefficient (Wildman–Crippen LogP) is 3.19. The number of hydrogen-bond donors (Lipinski definition) is 2. The van der Waals surface area contributed by atoms with E-state index in [0.29, 0.717) is 37.4 Å². The number of halogens is 4. The van der Waals surface area contributed by atoms with E-state index in [2.05, 4.69) is 15.2 Å². The van der Waals surface area contributed by atoms with Gasteiger partial charge in [-0.15, -0.1) is 0 Å². The number of carbonyl (C=O) groups excluding carboxylic acids is 1. The summed E-state index contributed by atoms with van der Waals surface area (Å²) in [5.74, 6) is -2.50. The monoisotopic (exact) mass is 465 g/mol. The van der Waals surface area contributed by atoms with Crippen molar-refractivity contribution in [2.45, 2.75) is 25.9 Å². The molecule has 1 aliphatic rings. The smallest absolute Gasteiger partial charge is 0.475 e. The van der Waals surface area contributed by atoms with Crippen LogP contribution in [-0.4, -0.2) is 61.3 Å². The van der Waals surface area contributed by atoms with Crippen molar-refractivity contribution >= 4 is 11.9 Å². The fourth-order valence-electron chi connectivity index (χ4n) is 3.26. The van der Waals surface area contributed by atoms with Gasteiger partial charge in [0.15, 0.2) is 5.82 Å². The zero-order valence-electron chi connectivity index (χ0n) is 17.4. The molecule has 174 valence electrons. The number of hydrogen-bond acceptors (Lipinski definition) is 5. The van der Waals surface area contributed by atoms with E-state index in [1.54, 1.807) is 24.4 Å². The Balaban J connectivity index is 0.000000383. The van der Waals surface area contributed by atoms with Crippen LogP contribution in [0.5, 0.6) is 0 Å². The summed E-state index contributed by atoms with van der Waals surface area (Å²) in [6.45, 7) is 3.16. The van der Waals surface area contributed by atoms with E-state index in [1.807, 2.05) is 11.8 Å². The second kappa shape index (κ2) is 9.76. The van der Waals surface area contributed by atoms with Gasteiger partial charge in [-0.05, 0) is 49.2 Å². The molecule has 0 saturated heterocycles. The first-order valence-electron chi connectivity index (χ1n) is 9.77. The molecule has 8 nitrogen and oxygen atoms in total. The molecule has 33 heavy (non-hydrogen) atoms. The fraction of sp³-hybridized carbons (Fsp3) is 0.286. The van der Waals surface area contributed by atoms with Crippen LogP contribution >= 0.6 is 0 Å². The van der Waals surface area contributed by atoms with E-state index in [1.165, 1.54) is 12.1 Å². The van der Waals surface area contributed by atoms with Crippen LogP contribution in [0.1, 0.15) is 27.4 Å². The van der Waals surface area contributed by atoms with Crippen molar-refractivity contribution in [3.63, 3.8) is 0 Å². The quantitative estimate of drug-likeness (QED) is 0.563. The summed E-state index contributed by atoms with van der Waals surface area (Å²) < 4.78 is 44.9. The molecule has 0 unspecified atom stereocenters. The molecule has 1 aliphatic heterocycles. The Bertz CT molecular complexity index is 1130. The van der Waals surface area contributed by atoms with Gasteiger partial charge in [-0.25, -0.2) is 19.2 Å². The lowest BCUT2D eigenvalue weighted by atomic mass is 10.1. The molecule has 12 heteroatoms. The zero-order chi connectivity index (χ0) is 24.2. The van der Waals surface area contributed by atoms with Crippen LogP contribution in [0.2, 0.25) is 0 Å². The second-order valence-corrected chi connectivity index (χ2v) is 7.13. The summed E-state index contributed by atoms with van der Waals surface area (Å²) in [4.78, 5) is 32.6. The third-order valence-corrected chi connectivity index (χ3v) is 4.91. The molecular formula is C21H19F4N5O3. The van der Waals surface area contributed by atoms with Crippen molar-refractivity contribution in [1.82, 2.24) is 25.1 Å². The molecule has 0 saturated carbocycles. The Morgan fingerprint density at radius 2 is 1.70 bits per heavy atom.